The van der Waals surface area contributed by atoms with Crippen LogP contribution in [-0.2, 0) is 0 Å². The largest absolute Gasteiger partial charge is 0.0871 e. The molecule has 0 fully saturated rings. The van der Waals surface area contributed by atoms with Gasteiger partial charge in [0.25, 0.3) is 0 Å². The molecular weight excluding hydrogens is 120 g/mol. The summed E-state index contributed by atoms with van der Waals surface area (Å²) >= 11 is 0. The number of hydrogen-bond donors (Lipinski definition) is 0. The molecule has 0 aromatic carbocycles. The first-order valence-electron chi connectivity index (χ1n) is 4.24. The van der Waals surface area contributed by atoms with E-state index in [1.165, 1.54) is 6.42 Å². The maximum atomic E-state index is 2.36. The van der Waals surface area contributed by atoms with Crippen molar-refractivity contribution in [2.75, 3.05) is 0 Å². The van der Waals surface area contributed by atoms with Gasteiger partial charge in [0, 0.05) is 0 Å². The lowest BCUT2D eigenvalue weighted by Crippen LogP contribution is -2.30. The Morgan fingerprint density at radius 2 is 1.80 bits per heavy atom. The maximum Gasteiger partial charge on any atom is -0.00840 e. The van der Waals surface area contributed by atoms with E-state index in [-0.39, 0.29) is 0 Å². The molecule has 2 unspecified atom stereocenters. The molecule has 0 radical (unpaired) electrons. The molecule has 1 aliphatic rings. The van der Waals surface area contributed by atoms with Crippen LogP contribution in [0.4, 0.5) is 0 Å². The van der Waals surface area contributed by atoms with Crippen molar-refractivity contribution in [2.45, 2.75) is 34.1 Å². The van der Waals surface area contributed by atoms with E-state index in [2.05, 4.69) is 39.8 Å². The molecular formula is C10H18. The minimum absolute atomic E-state index is 0.522. The molecule has 0 aromatic rings. The van der Waals surface area contributed by atoms with Crippen molar-refractivity contribution in [3.8, 4) is 0 Å². The SMILES string of the molecule is CC(C)C(C)C1(C)C=CC1. The van der Waals surface area contributed by atoms with Gasteiger partial charge in [-0.05, 0) is 23.7 Å². The molecule has 0 nitrogen and oxygen atoms in total. The van der Waals surface area contributed by atoms with E-state index in [1.54, 1.807) is 0 Å². The lowest BCUT2D eigenvalue weighted by Gasteiger charge is -2.39. The average Bonchev–Trinajstić information content (AvgIpc) is 1.81. The third kappa shape index (κ3) is 1.12. The summed E-state index contributed by atoms with van der Waals surface area (Å²) in [6, 6.07) is 0. The molecule has 0 aliphatic heterocycles. The minimum atomic E-state index is 0.522. The molecule has 0 amide bonds. The van der Waals surface area contributed by atoms with Gasteiger partial charge in [-0.25, -0.2) is 0 Å². The van der Waals surface area contributed by atoms with E-state index < -0.39 is 0 Å². The molecule has 1 aliphatic carbocycles. The lowest BCUT2D eigenvalue weighted by atomic mass is 9.65. The van der Waals surface area contributed by atoms with E-state index in [0.29, 0.717) is 5.41 Å². The molecule has 1 rings (SSSR count). The molecule has 0 spiro atoms. The number of hydrogen-bond acceptors (Lipinski definition) is 0. The number of rotatable bonds is 2. The van der Waals surface area contributed by atoms with Crippen molar-refractivity contribution in [1.82, 2.24) is 0 Å². The van der Waals surface area contributed by atoms with Crippen LogP contribution in [0.1, 0.15) is 34.1 Å². The van der Waals surface area contributed by atoms with Crippen LogP contribution in [0.5, 0.6) is 0 Å². The summed E-state index contributed by atoms with van der Waals surface area (Å²) in [5, 5.41) is 0. The predicted octanol–water partition coefficient (Wildman–Crippen LogP) is 3.24. The van der Waals surface area contributed by atoms with Gasteiger partial charge in [0.1, 0.15) is 0 Å². The van der Waals surface area contributed by atoms with Gasteiger partial charge in [0.2, 0.25) is 0 Å². The van der Waals surface area contributed by atoms with Gasteiger partial charge in [-0.2, -0.15) is 0 Å². The Morgan fingerprint density at radius 1 is 1.30 bits per heavy atom. The van der Waals surface area contributed by atoms with Gasteiger partial charge < -0.3 is 0 Å². The minimum Gasteiger partial charge on any atom is -0.0871 e. The van der Waals surface area contributed by atoms with E-state index in [9.17, 15) is 0 Å². The summed E-state index contributed by atoms with van der Waals surface area (Å²) < 4.78 is 0. The highest BCUT2D eigenvalue weighted by molar-refractivity contribution is 5.12. The molecule has 0 saturated carbocycles. The van der Waals surface area contributed by atoms with E-state index in [1.807, 2.05) is 0 Å². The molecule has 0 heteroatoms. The molecule has 0 heterocycles. The highest BCUT2D eigenvalue weighted by Gasteiger charge is 2.33. The second-order valence-corrected chi connectivity index (χ2v) is 4.15. The van der Waals surface area contributed by atoms with E-state index in [4.69, 9.17) is 0 Å². The third-order valence-corrected chi connectivity index (χ3v) is 3.10. The van der Waals surface area contributed by atoms with Crippen LogP contribution in [0.25, 0.3) is 0 Å². The second-order valence-electron chi connectivity index (χ2n) is 4.15. The van der Waals surface area contributed by atoms with Crippen LogP contribution in [0.3, 0.4) is 0 Å². The van der Waals surface area contributed by atoms with Crippen molar-refractivity contribution in [2.24, 2.45) is 17.3 Å². The molecule has 0 N–H and O–H groups in total. The Labute approximate surface area is 64.3 Å². The highest BCUT2D eigenvalue weighted by atomic mass is 14.4. The summed E-state index contributed by atoms with van der Waals surface area (Å²) in [5.74, 6) is 1.65. The van der Waals surface area contributed by atoms with Crippen LogP contribution in [0.15, 0.2) is 12.2 Å². The number of allylic oxidation sites excluding steroid dienone is 2. The first kappa shape index (κ1) is 7.84. The predicted molar refractivity (Wildman–Crippen MR) is 45.9 cm³/mol. The normalized spacial score (nSPS) is 34.1. The van der Waals surface area contributed by atoms with Gasteiger partial charge >= 0.3 is 0 Å². The van der Waals surface area contributed by atoms with Gasteiger partial charge in [-0.3, -0.25) is 0 Å². The summed E-state index contributed by atoms with van der Waals surface area (Å²) in [6.07, 6.45) is 5.92. The average molecular weight is 138 g/mol. The monoisotopic (exact) mass is 138 g/mol. The van der Waals surface area contributed by atoms with Crippen molar-refractivity contribution in [3.05, 3.63) is 12.2 Å². The topological polar surface area (TPSA) is 0 Å². The van der Waals surface area contributed by atoms with E-state index >= 15 is 0 Å². The molecule has 0 bridgehead atoms. The van der Waals surface area contributed by atoms with Gasteiger partial charge in [-0.1, -0.05) is 39.8 Å². The second kappa shape index (κ2) is 2.41. The Kier molecular flexibility index (Phi) is 1.89. The van der Waals surface area contributed by atoms with Crippen molar-refractivity contribution < 1.29 is 0 Å². The van der Waals surface area contributed by atoms with Gasteiger partial charge in [0.15, 0.2) is 0 Å². The Hall–Kier alpha value is -0.260. The molecule has 0 saturated heterocycles. The third-order valence-electron chi connectivity index (χ3n) is 3.10. The summed E-state index contributed by atoms with van der Waals surface area (Å²) in [6.45, 7) is 9.33. The summed E-state index contributed by atoms with van der Waals surface area (Å²) in [5.41, 5.74) is 0.522. The zero-order valence-corrected chi connectivity index (χ0v) is 7.52. The first-order valence-corrected chi connectivity index (χ1v) is 4.24. The quantitative estimate of drug-likeness (QED) is 0.514. The smallest absolute Gasteiger partial charge is 0.00840 e. The van der Waals surface area contributed by atoms with E-state index in [0.717, 1.165) is 11.8 Å². The fraction of sp³-hybridized carbons (Fsp3) is 0.800. The van der Waals surface area contributed by atoms with Crippen LogP contribution >= 0.6 is 0 Å². The summed E-state index contributed by atoms with van der Waals surface area (Å²) in [4.78, 5) is 0. The standard InChI is InChI=1S/C10H18/c1-8(2)9(3)10(4)6-5-7-10/h5-6,8-9H,7H2,1-4H3. The summed E-state index contributed by atoms with van der Waals surface area (Å²) in [7, 11) is 0. The fourth-order valence-electron chi connectivity index (χ4n) is 1.59. The molecule has 2 atom stereocenters. The maximum absolute atomic E-state index is 2.36. The zero-order chi connectivity index (χ0) is 7.78. The van der Waals surface area contributed by atoms with Crippen LogP contribution in [0.2, 0.25) is 0 Å². The van der Waals surface area contributed by atoms with Crippen LogP contribution in [-0.4, -0.2) is 0 Å². The first-order chi connectivity index (χ1) is 4.56. The van der Waals surface area contributed by atoms with Crippen LogP contribution < -0.4 is 0 Å². The van der Waals surface area contributed by atoms with Gasteiger partial charge in [0.05, 0.1) is 0 Å². The highest BCUT2D eigenvalue weighted by Crippen LogP contribution is 2.43. The van der Waals surface area contributed by atoms with Crippen molar-refractivity contribution in [3.63, 3.8) is 0 Å². The zero-order valence-electron chi connectivity index (χ0n) is 7.52. The molecule has 0 aromatic heterocycles. The van der Waals surface area contributed by atoms with Crippen molar-refractivity contribution >= 4 is 0 Å². The van der Waals surface area contributed by atoms with Crippen LogP contribution in [0, 0.1) is 17.3 Å². The Morgan fingerprint density at radius 3 is 1.90 bits per heavy atom. The molecule has 10 heavy (non-hydrogen) atoms. The Bertz CT molecular complexity index is 144. The lowest BCUT2D eigenvalue weighted by molar-refractivity contribution is 0.193. The van der Waals surface area contributed by atoms with Gasteiger partial charge in [-0.15, -0.1) is 0 Å². The Balaban J connectivity index is 2.56. The van der Waals surface area contributed by atoms with Crippen molar-refractivity contribution in [1.29, 1.82) is 0 Å². The molecule has 58 valence electrons. The fourth-order valence-corrected chi connectivity index (χ4v) is 1.59.